The molecule has 18 heavy (non-hydrogen) atoms. The zero-order valence-corrected chi connectivity index (χ0v) is 11.2. The number of hydrogen-bond acceptors (Lipinski definition) is 3. The Bertz CT molecular complexity index is 453. The van der Waals surface area contributed by atoms with E-state index in [1.54, 1.807) is 0 Å². The lowest BCUT2D eigenvalue weighted by Crippen LogP contribution is -2.41. The van der Waals surface area contributed by atoms with Gasteiger partial charge in [0.05, 0.1) is 6.07 Å². The second kappa shape index (κ2) is 4.99. The first kappa shape index (κ1) is 12.9. The Morgan fingerprint density at radius 1 is 1.33 bits per heavy atom. The first-order valence-electron chi connectivity index (χ1n) is 6.69. The lowest BCUT2D eigenvalue weighted by atomic mass is 10.0. The SMILES string of the molecule is CCc1cccc(CC)c1N1CCC(N)(C#N)C1. The largest absolute Gasteiger partial charge is 0.368 e. The highest BCUT2D eigenvalue weighted by atomic mass is 15.2. The number of anilines is 1. The molecule has 0 aromatic heterocycles. The third kappa shape index (κ3) is 2.21. The van der Waals surface area contributed by atoms with Gasteiger partial charge in [-0.1, -0.05) is 32.0 Å². The number of benzene rings is 1. The highest BCUT2D eigenvalue weighted by Crippen LogP contribution is 2.32. The predicted octanol–water partition coefficient (Wildman–Crippen LogP) is 2.24. The Hall–Kier alpha value is -1.53. The maximum Gasteiger partial charge on any atom is 0.123 e. The molecule has 1 atom stereocenters. The van der Waals surface area contributed by atoms with Crippen LogP contribution in [0.25, 0.3) is 0 Å². The molecule has 2 N–H and O–H groups in total. The molecule has 1 saturated heterocycles. The fourth-order valence-corrected chi connectivity index (χ4v) is 2.74. The Balaban J connectivity index is 2.37. The lowest BCUT2D eigenvalue weighted by Gasteiger charge is -2.25. The van der Waals surface area contributed by atoms with E-state index in [0.717, 1.165) is 25.8 Å². The molecule has 0 radical (unpaired) electrons. The molecule has 1 fully saturated rings. The highest BCUT2D eigenvalue weighted by Gasteiger charge is 2.35. The van der Waals surface area contributed by atoms with Crippen LogP contribution in [0, 0.1) is 11.3 Å². The molecule has 96 valence electrons. The maximum atomic E-state index is 9.14. The third-order valence-electron chi connectivity index (χ3n) is 3.80. The third-order valence-corrected chi connectivity index (χ3v) is 3.80. The van der Waals surface area contributed by atoms with Crippen molar-refractivity contribution in [1.82, 2.24) is 0 Å². The number of aryl methyl sites for hydroxylation is 2. The van der Waals surface area contributed by atoms with Gasteiger partial charge in [0.1, 0.15) is 5.54 Å². The van der Waals surface area contributed by atoms with Crippen LogP contribution in [0.5, 0.6) is 0 Å². The Morgan fingerprint density at radius 3 is 2.39 bits per heavy atom. The van der Waals surface area contributed by atoms with E-state index in [0.29, 0.717) is 6.54 Å². The van der Waals surface area contributed by atoms with Crippen molar-refractivity contribution in [3.63, 3.8) is 0 Å². The molecule has 0 saturated carbocycles. The number of nitrogens with two attached hydrogens (primary N) is 1. The fourth-order valence-electron chi connectivity index (χ4n) is 2.74. The summed E-state index contributed by atoms with van der Waals surface area (Å²) in [6.45, 7) is 5.88. The Kier molecular flexibility index (Phi) is 3.58. The number of hydrogen-bond donors (Lipinski definition) is 1. The van der Waals surface area contributed by atoms with Gasteiger partial charge in [0.2, 0.25) is 0 Å². The van der Waals surface area contributed by atoms with Crippen molar-refractivity contribution in [3.8, 4) is 6.07 Å². The first-order chi connectivity index (χ1) is 8.63. The molecular weight excluding hydrogens is 222 g/mol. The molecule has 3 heteroatoms. The number of rotatable bonds is 3. The summed E-state index contributed by atoms with van der Waals surface area (Å²) >= 11 is 0. The molecule has 0 bridgehead atoms. The molecule has 1 aromatic carbocycles. The van der Waals surface area contributed by atoms with Gasteiger partial charge in [-0.05, 0) is 30.4 Å². The zero-order valence-electron chi connectivity index (χ0n) is 11.2. The minimum absolute atomic E-state index is 0.646. The summed E-state index contributed by atoms with van der Waals surface area (Å²) in [7, 11) is 0. The van der Waals surface area contributed by atoms with E-state index in [-0.39, 0.29) is 0 Å². The quantitative estimate of drug-likeness (QED) is 0.885. The van der Waals surface area contributed by atoms with Gasteiger partial charge in [-0.15, -0.1) is 0 Å². The van der Waals surface area contributed by atoms with E-state index < -0.39 is 5.54 Å². The van der Waals surface area contributed by atoms with Crippen molar-refractivity contribution in [2.24, 2.45) is 5.73 Å². The molecule has 2 rings (SSSR count). The summed E-state index contributed by atoms with van der Waals surface area (Å²) in [6.07, 6.45) is 2.79. The Morgan fingerprint density at radius 2 is 1.94 bits per heavy atom. The summed E-state index contributed by atoms with van der Waals surface area (Å²) in [6, 6.07) is 8.73. The number of para-hydroxylation sites is 1. The first-order valence-corrected chi connectivity index (χ1v) is 6.69. The second-order valence-corrected chi connectivity index (χ2v) is 5.07. The standard InChI is InChI=1S/C15H21N3/c1-3-12-6-5-7-13(4-2)14(12)18-9-8-15(17,10-16)11-18/h5-7H,3-4,8-9,11,17H2,1-2H3. The van der Waals surface area contributed by atoms with Gasteiger partial charge in [-0.3, -0.25) is 0 Å². The normalized spacial score (nSPS) is 23.1. The molecule has 1 heterocycles. The smallest absolute Gasteiger partial charge is 0.123 e. The van der Waals surface area contributed by atoms with Gasteiger partial charge < -0.3 is 10.6 Å². The van der Waals surface area contributed by atoms with Gasteiger partial charge in [-0.2, -0.15) is 5.26 Å². The van der Waals surface area contributed by atoms with E-state index in [1.165, 1.54) is 16.8 Å². The maximum absolute atomic E-state index is 9.14. The summed E-state index contributed by atoms with van der Waals surface area (Å²) in [5, 5.41) is 9.14. The van der Waals surface area contributed by atoms with Gasteiger partial charge in [-0.25, -0.2) is 0 Å². The van der Waals surface area contributed by atoms with Crippen molar-refractivity contribution in [2.75, 3.05) is 18.0 Å². The molecule has 1 unspecified atom stereocenters. The van der Waals surface area contributed by atoms with Crippen LogP contribution in [0.3, 0.4) is 0 Å². The molecule has 3 nitrogen and oxygen atoms in total. The number of nitrogens with zero attached hydrogens (tertiary/aromatic N) is 2. The van der Waals surface area contributed by atoms with E-state index in [4.69, 9.17) is 11.0 Å². The van der Waals surface area contributed by atoms with Gasteiger partial charge in [0.15, 0.2) is 0 Å². The van der Waals surface area contributed by atoms with Crippen LogP contribution in [-0.2, 0) is 12.8 Å². The molecule has 0 amide bonds. The topological polar surface area (TPSA) is 53.0 Å². The summed E-state index contributed by atoms with van der Waals surface area (Å²) in [5.41, 5.74) is 9.42. The number of nitriles is 1. The van der Waals surface area contributed by atoms with Gasteiger partial charge in [0, 0.05) is 18.8 Å². The molecule has 1 aliphatic rings. The molecule has 1 aromatic rings. The molecular formula is C15H21N3. The fraction of sp³-hybridized carbons (Fsp3) is 0.533. The van der Waals surface area contributed by atoms with Crippen LogP contribution >= 0.6 is 0 Å². The zero-order chi connectivity index (χ0) is 13.2. The van der Waals surface area contributed by atoms with E-state index in [1.807, 2.05) is 0 Å². The van der Waals surface area contributed by atoms with E-state index >= 15 is 0 Å². The summed E-state index contributed by atoms with van der Waals surface area (Å²) < 4.78 is 0. The minimum atomic E-state index is -0.675. The van der Waals surface area contributed by atoms with Crippen molar-refractivity contribution in [1.29, 1.82) is 5.26 Å². The van der Waals surface area contributed by atoms with Crippen LogP contribution < -0.4 is 10.6 Å². The average Bonchev–Trinajstić information content (AvgIpc) is 2.80. The van der Waals surface area contributed by atoms with Gasteiger partial charge >= 0.3 is 0 Å². The van der Waals surface area contributed by atoms with Crippen LogP contribution in [0.1, 0.15) is 31.4 Å². The van der Waals surface area contributed by atoms with Crippen LogP contribution in [-0.4, -0.2) is 18.6 Å². The van der Waals surface area contributed by atoms with E-state index in [2.05, 4.69) is 43.0 Å². The van der Waals surface area contributed by atoms with Crippen molar-refractivity contribution in [3.05, 3.63) is 29.3 Å². The summed E-state index contributed by atoms with van der Waals surface area (Å²) in [4.78, 5) is 2.29. The summed E-state index contributed by atoms with van der Waals surface area (Å²) in [5.74, 6) is 0. The Labute approximate surface area is 109 Å². The average molecular weight is 243 g/mol. The van der Waals surface area contributed by atoms with Crippen molar-refractivity contribution >= 4 is 5.69 Å². The van der Waals surface area contributed by atoms with Crippen LogP contribution in [0.15, 0.2) is 18.2 Å². The minimum Gasteiger partial charge on any atom is -0.368 e. The van der Waals surface area contributed by atoms with Crippen molar-refractivity contribution in [2.45, 2.75) is 38.6 Å². The van der Waals surface area contributed by atoms with Crippen LogP contribution in [0.4, 0.5) is 5.69 Å². The molecule has 0 aliphatic carbocycles. The van der Waals surface area contributed by atoms with Gasteiger partial charge in [0.25, 0.3) is 0 Å². The molecule has 0 spiro atoms. The van der Waals surface area contributed by atoms with Crippen LogP contribution in [0.2, 0.25) is 0 Å². The lowest BCUT2D eigenvalue weighted by molar-refractivity contribution is 0.605. The molecule has 1 aliphatic heterocycles. The monoisotopic (exact) mass is 243 g/mol. The predicted molar refractivity (Wildman–Crippen MR) is 74.6 cm³/mol. The van der Waals surface area contributed by atoms with Crippen molar-refractivity contribution < 1.29 is 0 Å². The highest BCUT2D eigenvalue weighted by molar-refractivity contribution is 5.61. The second-order valence-electron chi connectivity index (χ2n) is 5.07. The van der Waals surface area contributed by atoms with E-state index in [9.17, 15) is 0 Å².